The Labute approximate surface area is 180 Å². The van der Waals surface area contributed by atoms with E-state index in [2.05, 4.69) is 73.0 Å². The van der Waals surface area contributed by atoms with Gasteiger partial charge in [0.1, 0.15) is 0 Å². The van der Waals surface area contributed by atoms with Gasteiger partial charge in [-0.3, -0.25) is 9.59 Å². The molecule has 0 saturated heterocycles. The van der Waals surface area contributed by atoms with E-state index < -0.39 is 5.97 Å². The van der Waals surface area contributed by atoms with Crippen LogP contribution in [0.3, 0.4) is 0 Å². The van der Waals surface area contributed by atoms with Gasteiger partial charge in [-0.2, -0.15) is 0 Å². The van der Waals surface area contributed by atoms with Crippen molar-refractivity contribution < 1.29 is 14.7 Å². The summed E-state index contributed by atoms with van der Waals surface area (Å²) >= 11 is 1.31. The number of carbonyl (C=O) groups excluding carboxylic acids is 1. The van der Waals surface area contributed by atoms with Crippen LogP contribution in [0.25, 0.3) is 0 Å². The highest BCUT2D eigenvalue weighted by Crippen LogP contribution is 2.00. The Hall–Kier alpha value is -2.01. The molecule has 0 unspecified atom stereocenters. The Morgan fingerprint density at radius 2 is 1.34 bits per heavy atom. The first-order chi connectivity index (χ1) is 14.2. The molecule has 0 fully saturated rings. The maximum atomic E-state index is 11.6. The lowest BCUT2D eigenvalue weighted by Gasteiger charge is -2.03. The first-order valence-electron chi connectivity index (χ1n) is 10.5. The van der Waals surface area contributed by atoms with Crippen molar-refractivity contribution in [2.24, 2.45) is 0 Å². The highest BCUT2D eigenvalue weighted by atomic mass is 32.2. The van der Waals surface area contributed by atoms with Gasteiger partial charge in [0, 0.05) is 18.7 Å². The number of allylic oxidation sites excluding steroid dienone is 10. The Kier molecular flexibility index (Phi) is 20.7. The lowest BCUT2D eigenvalue weighted by Crippen LogP contribution is -2.25. The van der Waals surface area contributed by atoms with Gasteiger partial charge in [0.05, 0.1) is 5.75 Å². The normalized spacial score (nSPS) is 12.3. The molecule has 0 spiro atoms. The first-order valence-corrected chi connectivity index (χ1v) is 11.6. The summed E-state index contributed by atoms with van der Waals surface area (Å²) in [5.41, 5.74) is 0. The number of unbranched alkanes of at least 4 members (excludes halogenated alkanes) is 1. The third-order valence-corrected chi connectivity index (χ3v) is 4.67. The maximum absolute atomic E-state index is 11.6. The van der Waals surface area contributed by atoms with E-state index in [-0.39, 0.29) is 11.7 Å². The third kappa shape index (κ3) is 24.0. The molecule has 0 saturated carbocycles. The summed E-state index contributed by atoms with van der Waals surface area (Å²) < 4.78 is 0. The van der Waals surface area contributed by atoms with Crippen molar-refractivity contribution in [3.05, 3.63) is 60.8 Å². The van der Waals surface area contributed by atoms with Crippen molar-refractivity contribution >= 4 is 23.6 Å². The van der Waals surface area contributed by atoms with Crippen LogP contribution in [0.1, 0.15) is 58.3 Å². The Bertz CT molecular complexity index is 562. The molecule has 4 nitrogen and oxygen atoms in total. The molecular weight excluding hydrogens is 382 g/mol. The zero-order valence-electron chi connectivity index (χ0n) is 17.7. The SMILES string of the molecule is CC/C=C\C/C=C\C/C=C\C/C=C\C/C=C\CCCC(=O)NCCSCC(=O)O. The number of nitrogens with one attached hydrogen (secondary N) is 1. The van der Waals surface area contributed by atoms with E-state index in [9.17, 15) is 9.59 Å². The Morgan fingerprint density at radius 3 is 1.86 bits per heavy atom. The molecule has 0 heterocycles. The molecule has 0 aromatic heterocycles. The third-order valence-electron chi connectivity index (χ3n) is 3.73. The number of rotatable bonds is 18. The number of thioether (sulfide) groups is 1. The van der Waals surface area contributed by atoms with Gasteiger partial charge in [-0.25, -0.2) is 0 Å². The van der Waals surface area contributed by atoms with Crippen LogP contribution < -0.4 is 5.32 Å². The minimum absolute atomic E-state index is 0.0354. The second-order valence-corrected chi connectivity index (χ2v) is 7.50. The fraction of sp³-hybridized carbons (Fsp3) is 0.500. The highest BCUT2D eigenvalue weighted by molar-refractivity contribution is 7.99. The van der Waals surface area contributed by atoms with Crippen LogP contribution in [0.15, 0.2) is 60.8 Å². The second kappa shape index (κ2) is 22.3. The Morgan fingerprint density at radius 1 is 0.828 bits per heavy atom. The molecule has 0 atom stereocenters. The van der Waals surface area contributed by atoms with E-state index in [1.807, 2.05) is 0 Å². The van der Waals surface area contributed by atoms with Gasteiger partial charge in [-0.15, -0.1) is 11.8 Å². The van der Waals surface area contributed by atoms with Crippen molar-refractivity contribution in [1.29, 1.82) is 0 Å². The van der Waals surface area contributed by atoms with Crippen molar-refractivity contribution in [2.45, 2.75) is 58.3 Å². The molecule has 0 rings (SSSR count). The van der Waals surface area contributed by atoms with Crippen molar-refractivity contribution in [3.63, 3.8) is 0 Å². The van der Waals surface area contributed by atoms with Gasteiger partial charge < -0.3 is 10.4 Å². The lowest BCUT2D eigenvalue weighted by atomic mass is 10.2. The smallest absolute Gasteiger partial charge is 0.313 e. The summed E-state index contributed by atoms with van der Waals surface area (Å²) in [4.78, 5) is 22.0. The van der Waals surface area contributed by atoms with E-state index in [1.165, 1.54) is 11.8 Å². The van der Waals surface area contributed by atoms with Crippen molar-refractivity contribution in [2.75, 3.05) is 18.1 Å². The van der Waals surface area contributed by atoms with Crippen LogP contribution in [-0.2, 0) is 9.59 Å². The maximum Gasteiger partial charge on any atom is 0.313 e. The predicted molar refractivity (Wildman–Crippen MR) is 126 cm³/mol. The largest absolute Gasteiger partial charge is 0.481 e. The quantitative estimate of drug-likeness (QED) is 0.216. The summed E-state index contributed by atoms with van der Waals surface area (Å²) in [5.74, 6) is -0.0705. The molecular formula is C24H37NO3S. The molecule has 0 aliphatic rings. The van der Waals surface area contributed by atoms with E-state index >= 15 is 0 Å². The van der Waals surface area contributed by atoms with Gasteiger partial charge in [0.25, 0.3) is 0 Å². The fourth-order valence-corrected chi connectivity index (χ4v) is 2.82. The average molecular weight is 420 g/mol. The average Bonchev–Trinajstić information content (AvgIpc) is 2.69. The van der Waals surface area contributed by atoms with Crippen LogP contribution in [0.5, 0.6) is 0 Å². The van der Waals surface area contributed by atoms with E-state index in [1.54, 1.807) is 0 Å². The number of amides is 1. The van der Waals surface area contributed by atoms with Gasteiger partial charge in [-0.1, -0.05) is 67.7 Å². The number of aliphatic carboxylic acids is 1. The lowest BCUT2D eigenvalue weighted by molar-refractivity contribution is -0.133. The topological polar surface area (TPSA) is 66.4 Å². The zero-order chi connectivity index (χ0) is 21.4. The molecule has 162 valence electrons. The molecule has 0 aliphatic heterocycles. The summed E-state index contributed by atoms with van der Waals surface area (Å²) in [6, 6.07) is 0. The van der Waals surface area contributed by atoms with Gasteiger partial charge >= 0.3 is 5.97 Å². The van der Waals surface area contributed by atoms with Gasteiger partial charge in [-0.05, 0) is 44.9 Å². The molecule has 0 aromatic carbocycles. The van der Waals surface area contributed by atoms with Gasteiger partial charge in [0.2, 0.25) is 5.91 Å². The van der Waals surface area contributed by atoms with Crippen LogP contribution in [-0.4, -0.2) is 35.0 Å². The molecule has 2 N–H and O–H groups in total. The summed E-state index contributed by atoms with van der Waals surface area (Å²) in [6.45, 7) is 2.67. The zero-order valence-corrected chi connectivity index (χ0v) is 18.5. The second-order valence-electron chi connectivity index (χ2n) is 6.40. The molecule has 5 heteroatoms. The predicted octanol–water partition coefficient (Wildman–Crippen LogP) is 5.84. The van der Waals surface area contributed by atoms with Crippen LogP contribution in [0, 0.1) is 0 Å². The van der Waals surface area contributed by atoms with Crippen molar-refractivity contribution in [1.82, 2.24) is 5.32 Å². The number of hydrogen-bond donors (Lipinski definition) is 2. The summed E-state index contributed by atoms with van der Waals surface area (Å²) in [6.07, 6.45) is 29.0. The molecule has 0 radical (unpaired) electrons. The highest BCUT2D eigenvalue weighted by Gasteiger charge is 2.00. The molecule has 0 aromatic rings. The number of carboxylic acids is 1. The van der Waals surface area contributed by atoms with E-state index in [0.29, 0.717) is 18.7 Å². The van der Waals surface area contributed by atoms with Gasteiger partial charge in [0.15, 0.2) is 0 Å². The first kappa shape index (κ1) is 27.0. The molecule has 0 aliphatic carbocycles. The number of carbonyl (C=O) groups is 2. The minimum atomic E-state index is -0.821. The van der Waals surface area contributed by atoms with E-state index in [4.69, 9.17) is 5.11 Å². The Balaban J connectivity index is 3.50. The van der Waals surface area contributed by atoms with E-state index in [0.717, 1.165) is 44.9 Å². The van der Waals surface area contributed by atoms with Crippen molar-refractivity contribution in [3.8, 4) is 0 Å². The number of hydrogen-bond acceptors (Lipinski definition) is 3. The number of carboxylic acid groups (broad SMARTS) is 1. The monoisotopic (exact) mass is 419 g/mol. The molecule has 29 heavy (non-hydrogen) atoms. The fourth-order valence-electron chi connectivity index (χ4n) is 2.26. The standard InChI is InChI=1S/C24H37NO3S/c1-2-3-4-5-6-7-8-9-10-11-12-13-14-15-16-17-18-19-23(26)25-20-21-29-22-24(27)28/h3-4,6-7,9-10,12-13,15-16H,2,5,8,11,14,17-22H2,1H3,(H,25,26)(H,27,28)/b4-3-,7-6-,10-9-,13-12-,16-15-. The van der Waals surface area contributed by atoms with Crippen LogP contribution >= 0.6 is 11.8 Å². The van der Waals surface area contributed by atoms with Crippen LogP contribution in [0.2, 0.25) is 0 Å². The molecule has 0 bridgehead atoms. The van der Waals surface area contributed by atoms with Crippen LogP contribution in [0.4, 0.5) is 0 Å². The summed E-state index contributed by atoms with van der Waals surface area (Å²) in [7, 11) is 0. The molecule has 1 amide bonds. The minimum Gasteiger partial charge on any atom is -0.481 e. The summed E-state index contributed by atoms with van der Waals surface area (Å²) in [5, 5.41) is 11.3.